The molecule has 0 aliphatic rings. The van der Waals surface area contributed by atoms with E-state index in [0.717, 1.165) is 18.8 Å². The molecule has 30 heavy (non-hydrogen) atoms. The number of hydrogen-bond donors (Lipinski definition) is 1. The van der Waals surface area contributed by atoms with Gasteiger partial charge in [-0.15, -0.1) is 5.10 Å². The predicted octanol–water partition coefficient (Wildman–Crippen LogP) is 2.89. The molecule has 2 heterocycles. The fraction of sp³-hybridized carbons (Fsp3) is 0.350. The van der Waals surface area contributed by atoms with Crippen molar-refractivity contribution >= 4 is 11.6 Å². The molecule has 1 unspecified atom stereocenters. The zero-order valence-corrected chi connectivity index (χ0v) is 17.1. The first-order chi connectivity index (χ1) is 14.5. The van der Waals surface area contributed by atoms with E-state index < -0.39 is 4.92 Å². The minimum absolute atomic E-state index is 0.0612. The molecule has 0 aliphatic heterocycles. The van der Waals surface area contributed by atoms with Gasteiger partial charge in [0.2, 0.25) is 0 Å². The van der Waals surface area contributed by atoms with Crippen molar-refractivity contribution in [2.24, 2.45) is 0 Å². The Hall–Kier alpha value is -3.53. The summed E-state index contributed by atoms with van der Waals surface area (Å²) in [7, 11) is 0. The lowest BCUT2D eigenvalue weighted by Gasteiger charge is -2.28. The van der Waals surface area contributed by atoms with Gasteiger partial charge in [-0.1, -0.05) is 25.1 Å². The Morgan fingerprint density at radius 2 is 2.07 bits per heavy atom. The number of non-ortho nitro benzene ring substituents is 1. The number of nitrogens with one attached hydrogen (secondary N) is 1. The lowest BCUT2D eigenvalue weighted by molar-refractivity contribution is -0.384. The third kappa shape index (κ3) is 4.38. The minimum Gasteiger partial charge on any atom is -0.468 e. The fourth-order valence-electron chi connectivity index (χ4n) is 3.35. The van der Waals surface area contributed by atoms with Crippen LogP contribution in [0.15, 0.2) is 47.1 Å². The second-order valence-electron chi connectivity index (χ2n) is 6.67. The van der Waals surface area contributed by atoms with Gasteiger partial charge in [-0.25, -0.2) is 4.68 Å². The minimum atomic E-state index is -0.481. The number of benzene rings is 1. The lowest BCUT2D eigenvalue weighted by atomic mass is 10.1. The number of amides is 1. The Kier molecular flexibility index (Phi) is 6.58. The molecule has 0 saturated heterocycles. The van der Waals surface area contributed by atoms with Crippen LogP contribution in [0.2, 0.25) is 0 Å². The van der Waals surface area contributed by atoms with Crippen molar-refractivity contribution in [2.75, 3.05) is 19.6 Å². The van der Waals surface area contributed by atoms with Crippen LogP contribution in [0.4, 0.5) is 5.69 Å². The summed E-state index contributed by atoms with van der Waals surface area (Å²) >= 11 is 0. The number of furan rings is 1. The summed E-state index contributed by atoms with van der Waals surface area (Å²) in [6.45, 7) is 7.75. The maximum absolute atomic E-state index is 12.8. The molecule has 3 rings (SSSR count). The largest absolute Gasteiger partial charge is 0.468 e. The van der Waals surface area contributed by atoms with E-state index in [2.05, 4.69) is 34.4 Å². The summed E-state index contributed by atoms with van der Waals surface area (Å²) in [5.74, 6) is 0.406. The molecule has 1 aromatic carbocycles. The van der Waals surface area contributed by atoms with Gasteiger partial charge in [-0.2, -0.15) is 0 Å². The Morgan fingerprint density at radius 3 is 2.70 bits per heavy atom. The van der Waals surface area contributed by atoms with Gasteiger partial charge < -0.3 is 9.73 Å². The lowest BCUT2D eigenvalue weighted by Crippen LogP contribution is -2.38. The Morgan fingerprint density at radius 1 is 1.30 bits per heavy atom. The molecule has 3 aromatic rings. The SMILES string of the molecule is CCN(CC)C(CNC(=O)c1nnn(-c2cccc([N+](=O)[O-])c2)c1C)c1ccco1. The smallest absolute Gasteiger partial charge is 0.273 e. The van der Waals surface area contributed by atoms with Crippen LogP contribution in [-0.4, -0.2) is 50.4 Å². The molecule has 2 aromatic heterocycles. The third-order valence-corrected chi connectivity index (χ3v) is 4.98. The van der Waals surface area contributed by atoms with Crippen LogP contribution in [-0.2, 0) is 0 Å². The molecular weight excluding hydrogens is 388 g/mol. The van der Waals surface area contributed by atoms with Crippen LogP contribution in [0.3, 0.4) is 0 Å². The third-order valence-electron chi connectivity index (χ3n) is 4.98. The van der Waals surface area contributed by atoms with Crippen LogP contribution in [0.5, 0.6) is 0 Å². The maximum Gasteiger partial charge on any atom is 0.273 e. The van der Waals surface area contributed by atoms with Crippen molar-refractivity contribution in [1.82, 2.24) is 25.2 Å². The van der Waals surface area contributed by atoms with Crippen molar-refractivity contribution in [3.05, 3.63) is 69.9 Å². The van der Waals surface area contributed by atoms with E-state index in [-0.39, 0.29) is 23.3 Å². The van der Waals surface area contributed by atoms with E-state index >= 15 is 0 Å². The van der Waals surface area contributed by atoms with E-state index in [4.69, 9.17) is 4.42 Å². The van der Waals surface area contributed by atoms with Crippen molar-refractivity contribution in [1.29, 1.82) is 0 Å². The number of likely N-dealkylation sites (N-methyl/N-ethyl adjacent to an activating group) is 1. The average Bonchev–Trinajstić information content (AvgIpc) is 3.41. The molecule has 0 aliphatic carbocycles. The van der Waals surface area contributed by atoms with E-state index in [1.54, 1.807) is 25.3 Å². The highest BCUT2D eigenvalue weighted by molar-refractivity contribution is 5.93. The van der Waals surface area contributed by atoms with Crippen LogP contribution >= 0.6 is 0 Å². The molecule has 0 spiro atoms. The van der Waals surface area contributed by atoms with Gasteiger partial charge >= 0.3 is 0 Å². The maximum atomic E-state index is 12.8. The molecule has 0 fully saturated rings. The molecule has 0 saturated carbocycles. The van der Waals surface area contributed by atoms with Gasteiger partial charge in [-0.05, 0) is 38.2 Å². The number of nitro benzene ring substituents is 1. The first-order valence-electron chi connectivity index (χ1n) is 9.69. The molecule has 10 nitrogen and oxygen atoms in total. The Bertz CT molecular complexity index is 1010. The molecule has 1 N–H and O–H groups in total. The van der Waals surface area contributed by atoms with E-state index in [1.165, 1.54) is 16.8 Å². The second kappa shape index (κ2) is 9.31. The van der Waals surface area contributed by atoms with Crippen LogP contribution in [0, 0.1) is 17.0 Å². The highest BCUT2D eigenvalue weighted by Crippen LogP contribution is 2.21. The summed E-state index contributed by atoms with van der Waals surface area (Å²) in [6, 6.07) is 9.62. The first-order valence-corrected chi connectivity index (χ1v) is 9.69. The number of carbonyl (C=O) groups excluding carboxylic acids is 1. The highest BCUT2D eigenvalue weighted by atomic mass is 16.6. The highest BCUT2D eigenvalue weighted by Gasteiger charge is 2.24. The molecular formula is C20H24N6O4. The molecule has 0 radical (unpaired) electrons. The Labute approximate surface area is 173 Å². The zero-order chi connectivity index (χ0) is 21.7. The Balaban J connectivity index is 1.78. The standard InChI is InChI=1S/C20H24N6O4/c1-4-24(5-2)17(18-10-7-11-30-18)13-21-20(27)19-14(3)25(23-22-19)15-8-6-9-16(12-15)26(28)29/h6-12,17H,4-5,13H2,1-3H3,(H,21,27). The molecule has 1 amide bonds. The van der Waals surface area contributed by atoms with Gasteiger partial charge in [0.25, 0.3) is 11.6 Å². The van der Waals surface area contributed by atoms with Gasteiger partial charge in [-0.3, -0.25) is 19.8 Å². The average molecular weight is 412 g/mol. The van der Waals surface area contributed by atoms with Gasteiger partial charge in [0.05, 0.1) is 28.6 Å². The van der Waals surface area contributed by atoms with E-state index in [0.29, 0.717) is 17.9 Å². The monoisotopic (exact) mass is 412 g/mol. The predicted molar refractivity (Wildman–Crippen MR) is 109 cm³/mol. The van der Waals surface area contributed by atoms with E-state index in [9.17, 15) is 14.9 Å². The summed E-state index contributed by atoms with van der Waals surface area (Å²) in [5.41, 5.74) is 1.06. The number of rotatable bonds is 9. The van der Waals surface area contributed by atoms with Crippen molar-refractivity contribution in [2.45, 2.75) is 26.8 Å². The molecule has 0 bridgehead atoms. The summed E-state index contributed by atoms with van der Waals surface area (Å²) < 4.78 is 6.97. The van der Waals surface area contributed by atoms with Gasteiger partial charge in [0.15, 0.2) is 5.69 Å². The summed E-state index contributed by atoms with van der Waals surface area (Å²) in [6.07, 6.45) is 1.61. The summed E-state index contributed by atoms with van der Waals surface area (Å²) in [5, 5.41) is 21.9. The number of nitro groups is 1. The normalized spacial score (nSPS) is 12.1. The topological polar surface area (TPSA) is 119 Å². The van der Waals surface area contributed by atoms with Crippen LogP contribution in [0.25, 0.3) is 5.69 Å². The van der Waals surface area contributed by atoms with Crippen LogP contribution < -0.4 is 5.32 Å². The zero-order valence-electron chi connectivity index (χ0n) is 17.1. The van der Waals surface area contributed by atoms with Gasteiger partial charge in [0.1, 0.15) is 5.76 Å². The fourth-order valence-corrected chi connectivity index (χ4v) is 3.35. The van der Waals surface area contributed by atoms with Crippen molar-refractivity contribution < 1.29 is 14.1 Å². The number of aromatic nitrogens is 3. The summed E-state index contributed by atoms with van der Waals surface area (Å²) in [4.78, 5) is 25.5. The number of nitrogens with zero attached hydrogens (tertiary/aromatic N) is 5. The van der Waals surface area contributed by atoms with Crippen molar-refractivity contribution in [3.8, 4) is 5.69 Å². The number of hydrogen-bond acceptors (Lipinski definition) is 7. The molecule has 158 valence electrons. The second-order valence-corrected chi connectivity index (χ2v) is 6.67. The number of carbonyl (C=O) groups is 1. The van der Waals surface area contributed by atoms with Gasteiger partial charge in [0, 0.05) is 18.7 Å². The molecule has 1 atom stereocenters. The van der Waals surface area contributed by atoms with E-state index in [1.807, 2.05) is 12.1 Å². The first kappa shape index (κ1) is 21.2. The van der Waals surface area contributed by atoms with Crippen molar-refractivity contribution in [3.63, 3.8) is 0 Å². The quantitative estimate of drug-likeness (QED) is 0.424. The van der Waals surface area contributed by atoms with Crippen LogP contribution in [0.1, 0.15) is 41.8 Å². The molecule has 10 heteroatoms.